The van der Waals surface area contributed by atoms with Gasteiger partial charge in [0.1, 0.15) is 17.3 Å². The topological polar surface area (TPSA) is 65.4 Å². The van der Waals surface area contributed by atoms with Crippen LogP contribution in [0.3, 0.4) is 0 Å². The van der Waals surface area contributed by atoms with Crippen molar-refractivity contribution in [2.45, 2.75) is 79.2 Å². The van der Waals surface area contributed by atoms with E-state index in [-0.39, 0.29) is 12.5 Å². The number of unbranched alkanes of at least 4 members (excludes halogenated alkanes) is 2. The molecule has 4 aromatic rings. The number of carbonyl (C=O) groups excluding carboxylic acids is 1. The van der Waals surface area contributed by atoms with Crippen molar-refractivity contribution < 1.29 is 14.3 Å². The van der Waals surface area contributed by atoms with Crippen LogP contribution in [-0.2, 0) is 17.8 Å². The maximum atomic E-state index is 12.2. The van der Waals surface area contributed by atoms with Gasteiger partial charge in [0.15, 0.2) is 6.61 Å². The van der Waals surface area contributed by atoms with E-state index in [0.717, 1.165) is 72.6 Å². The molecule has 0 saturated heterocycles. The van der Waals surface area contributed by atoms with Gasteiger partial charge >= 0.3 is 0 Å². The highest BCUT2D eigenvalue weighted by molar-refractivity contribution is 5.77. The molecule has 1 aromatic heterocycles. The van der Waals surface area contributed by atoms with Gasteiger partial charge in [0.25, 0.3) is 5.91 Å². The number of fused-ring (bicyclic) bond motifs is 1. The molecule has 1 amide bonds. The van der Waals surface area contributed by atoms with Crippen molar-refractivity contribution in [2.75, 3.05) is 19.8 Å². The molecule has 0 unspecified atom stereocenters. The highest BCUT2D eigenvalue weighted by atomic mass is 16.5. The first-order valence-corrected chi connectivity index (χ1v) is 15.0. The molecular formula is C35H45N3O3. The van der Waals surface area contributed by atoms with E-state index in [1.807, 2.05) is 38.1 Å². The number of aryl methyl sites for hydroxylation is 5. The maximum Gasteiger partial charge on any atom is 0.257 e. The zero-order valence-corrected chi connectivity index (χ0v) is 25.3. The van der Waals surface area contributed by atoms with E-state index in [9.17, 15) is 4.79 Å². The maximum absolute atomic E-state index is 12.2. The number of aromatic nitrogens is 2. The number of nitrogens with zero attached hydrogens (tertiary/aromatic N) is 2. The molecule has 3 aromatic carbocycles. The van der Waals surface area contributed by atoms with Crippen LogP contribution in [0.25, 0.3) is 11.0 Å². The molecule has 6 nitrogen and oxygen atoms in total. The highest BCUT2D eigenvalue weighted by Gasteiger charge is 2.12. The van der Waals surface area contributed by atoms with E-state index < -0.39 is 0 Å². The third-order valence-electron chi connectivity index (χ3n) is 7.41. The molecular weight excluding hydrogens is 510 g/mol. The predicted molar refractivity (Wildman–Crippen MR) is 167 cm³/mol. The first kappa shape index (κ1) is 30.2. The van der Waals surface area contributed by atoms with Crippen molar-refractivity contribution in [2.24, 2.45) is 0 Å². The average molecular weight is 556 g/mol. The van der Waals surface area contributed by atoms with E-state index in [1.54, 1.807) is 0 Å². The van der Waals surface area contributed by atoms with Crippen LogP contribution in [0.15, 0.2) is 60.7 Å². The Morgan fingerprint density at radius 1 is 0.878 bits per heavy atom. The summed E-state index contributed by atoms with van der Waals surface area (Å²) in [5.74, 6) is 3.24. The normalized spacial score (nSPS) is 11.3. The molecule has 6 heteroatoms. The second kappa shape index (κ2) is 14.7. The Hall–Kier alpha value is -3.80. The molecule has 41 heavy (non-hydrogen) atoms. The quantitative estimate of drug-likeness (QED) is 0.155. The molecule has 0 fully saturated rings. The molecule has 0 aliphatic carbocycles. The molecule has 0 radical (unpaired) electrons. The Bertz CT molecular complexity index is 1440. The second-order valence-corrected chi connectivity index (χ2v) is 11.3. The number of hydrogen-bond donors (Lipinski definition) is 1. The number of imidazole rings is 1. The fourth-order valence-electron chi connectivity index (χ4n) is 5.08. The summed E-state index contributed by atoms with van der Waals surface area (Å²) < 4.78 is 14.3. The molecule has 1 N–H and O–H groups in total. The Morgan fingerprint density at radius 2 is 1.63 bits per heavy atom. The van der Waals surface area contributed by atoms with Crippen LogP contribution in [0.5, 0.6) is 11.5 Å². The van der Waals surface area contributed by atoms with Gasteiger partial charge in [-0.15, -0.1) is 0 Å². The zero-order chi connectivity index (χ0) is 29.2. The van der Waals surface area contributed by atoms with Gasteiger partial charge in [-0.25, -0.2) is 4.98 Å². The Kier molecular flexibility index (Phi) is 10.8. The zero-order valence-electron chi connectivity index (χ0n) is 25.3. The minimum Gasteiger partial charge on any atom is -0.493 e. The van der Waals surface area contributed by atoms with E-state index in [1.165, 1.54) is 16.6 Å². The molecule has 0 spiro atoms. The standard InChI is InChI=1S/C35H45N3O3/c1-25(2)29-18-16-27(4)23-33(29)40-21-11-20-38-31-13-9-8-12-30(31)37-34(38)14-7-6-10-19-36-35(39)24-41-32-22-26(3)15-17-28(32)5/h8-9,12-13,15-18,22-23,25H,6-7,10-11,14,19-21,24H2,1-5H3,(H,36,39). The van der Waals surface area contributed by atoms with Gasteiger partial charge in [-0.05, 0) is 92.5 Å². The predicted octanol–water partition coefficient (Wildman–Crippen LogP) is 7.46. The van der Waals surface area contributed by atoms with E-state index >= 15 is 0 Å². The molecule has 0 saturated carbocycles. The lowest BCUT2D eigenvalue weighted by Crippen LogP contribution is -2.29. The Morgan fingerprint density at radius 3 is 2.44 bits per heavy atom. The Labute approximate surface area is 245 Å². The largest absolute Gasteiger partial charge is 0.493 e. The van der Waals surface area contributed by atoms with Crippen LogP contribution in [0.4, 0.5) is 0 Å². The minimum atomic E-state index is -0.0823. The fraction of sp³-hybridized carbons (Fsp3) is 0.429. The van der Waals surface area contributed by atoms with Gasteiger partial charge < -0.3 is 19.4 Å². The molecule has 0 atom stereocenters. The number of hydrogen-bond acceptors (Lipinski definition) is 4. The highest BCUT2D eigenvalue weighted by Crippen LogP contribution is 2.28. The summed E-state index contributed by atoms with van der Waals surface area (Å²) >= 11 is 0. The summed E-state index contributed by atoms with van der Waals surface area (Å²) in [6.45, 7) is 12.8. The number of carbonyl (C=O) groups is 1. The molecule has 218 valence electrons. The van der Waals surface area contributed by atoms with Crippen molar-refractivity contribution in [3.05, 3.63) is 88.7 Å². The van der Waals surface area contributed by atoms with Gasteiger partial charge in [-0.1, -0.05) is 56.7 Å². The smallest absolute Gasteiger partial charge is 0.257 e. The number of para-hydroxylation sites is 2. The summed E-state index contributed by atoms with van der Waals surface area (Å²) in [7, 11) is 0. The SMILES string of the molecule is Cc1ccc(C)c(OCC(=O)NCCCCCc2nc3ccccc3n2CCCOc2cc(C)ccc2C(C)C)c1. The van der Waals surface area contributed by atoms with Crippen molar-refractivity contribution in [3.63, 3.8) is 0 Å². The van der Waals surface area contributed by atoms with Gasteiger partial charge in [-0.3, -0.25) is 4.79 Å². The first-order valence-electron chi connectivity index (χ1n) is 15.0. The molecule has 1 heterocycles. The summed E-state index contributed by atoms with van der Waals surface area (Å²) in [4.78, 5) is 17.2. The van der Waals surface area contributed by atoms with Crippen LogP contribution in [0.1, 0.15) is 73.5 Å². The van der Waals surface area contributed by atoms with Gasteiger partial charge in [0.2, 0.25) is 0 Å². The fourth-order valence-corrected chi connectivity index (χ4v) is 5.08. The van der Waals surface area contributed by atoms with Crippen LogP contribution < -0.4 is 14.8 Å². The van der Waals surface area contributed by atoms with Crippen molar-refractivity contribution >= 4 is 16.9 Å². The summed E-state index contributed by atoms with van der Waals surface area (Å²) in [6, 6.07) is 20.9. The number of benzene rings is 3. The monoisotopic (exact) mass is 555 g/mol. The van der Waals surface area contributed by atoms with Crippen LogP contribution >= 0.6 is 0 Å². The lowest BCUT2D eigenvalue weighted by Gasteiger charge is -2.15. The van der Waals surface area contributed by atoms with Crippen molar-refractivity contribution in [1.82, 2.24) is 14.9 Å². The third kappa shape index (κ3) is 8.59. The molecule has 0 aliphatic rings. The lowest BCUT2D eigenvalue weighted by molar-refractivity contribution is -0.123. The summed E-state index contributed by atoms with van der Waals surface area (Å²) in [5.41, 5.74) is 6.85. The number of amides is 1. The average Bonchev–Trinajstić information content (AvgIpc) is 3.30. The summed E-state index contributed by atoms with van der Waals surface area (Å²) in [5, 5.41) is 2.98. The van der Waals surface area contributed by atoms with E-state index in [2.05, 4.69) is 67.1 Å². The van der Waals surface area contributed by atoms with Gasteiger partial charge in [-0.2, -0.15) is 0 Å². The number of ether oxygens (including phenoxy) is 2. The Balaban J connectivity index is 1.22. The van der Waals surface area contributed by atoms with Crippen LogP contribution in [-0.4, -0.2) is 35.2 Å². The van der Waals surface area contributed by atoms with Crippen molar-refractivity contribution in [3.8, 4) is 11.5 Å². The summed E-state index contributed by atoms with van der Waals surface area (Å²) in [6.07, 6.45) is 4.80. The van der Waals surface area contributed by atoms with Gasteiger partial charge in [0.05, 0.1) is 17.6 Å². The van der Waals surface area contributed by atoms with E-state index in [4.69, 9.17) is 14.5 Å². The van der Waals surface area contributed by atoms with Crippen LogP contribution in [0, 0.1) is 20.8 Å². The molecule has 0 aliphatic heterocycles. The number of nitrogens with one attached hydrogen (secondary N) is 1. The van der Waals surface area contributed by atoms with E-state index in [0.29, 0.717) is 19.1 Å². The minimum absolute atomic E-state index is 0.0424. The number of rotatable bonds is 15. The third-order valence-corrected chi connectivity index (χ3v) is 7.41. The molecule has 4 rings (SSSR count). The van der Waals surface area contributed by atoms with Crippen molar-refractivity contribution in [1.29, 1.82) is 0 Å². The second-order valence-electron chi connectivity index (χ2n) is 11.3. The lowest BCUT2D eigenvalue weighted by atomic mass is 10.0. The first-order chi connectivity index (χ1) is 19.8. The van der Waals surface area contributed by atoms with Gasteiger partial charge in [0, 0.05) is 19.5 Å². The van der Waals surface area contributed by atoms with Crippen LogP contribution in [0.2, 0.25) is 0 Å². The molecule has 0 bridgehead atoms.